The van der Waals surface area contributed by atoms with E-state index in [1.165, 1.54) is 44.1 Å². The Hall–Kier alpha value is -0.320. The quantitative estimate of drug-likeness (QED) is 0.494. The zero-order valence-corrected chi connectivity index (χ0v) is 18.6. The lowest BCUT2D eigenvalue weighted by molar-refractivity contribution is 0.446. The predicted molar refractivity (Wildman–Crippen MR) is 118 cm³/mol. The van der Waals surface area contributed by atoms with Crippen LogP contribution in [-0.4, -0.2) is 23.6 Å². The van der Waals surface area contributed by atoms with Crippen LogP contribution in [0.5, 0.6) is 0 Å². The van der Waals surface area contributed by atoms with Gasteiger partial charge in [0.1, 0.15) is 7.14 Å². The highest BCUT2D eigenvalue weighted by Gasteiger charge is 2.42. The fraction of sp³-hybridized carbons (Fsp3) is 0.739. The van der Waals surface area contributed by atoms with E-state index in [0.717, 1.165) is 62.3 Å². The third-order valence-corrected chi connectivity index (χ3v) is 15.3. The van der Waals surface area contributed by atoms with Gasteiger partial charge < -0.3 is 9.13 Å². The molecule has 1 heterocycles. The predicted octanol–water partition coefficient (Wildman–Crippen LogP) is 7.00. The molecule has 0 bridgehead atoms. The molecular formula is C23H36O2P2. The zero-order chi connectivity index (χ0) is 18.7. The van der Waals surface area contributed by atoms with Crippen molar-refractivity contribution in [2.75, 3.05) is 12.3 Å². The maximum Gasteiger partial charge on any atom is 0.115 e. The summed E-state index contributed by atoms with van der Waals surface area (Å²) in [6.07, 6.45) is 16.9. The van der Waals surface area contributed by atoms with Crippen LogP contribution in [0.1, 0.15) is 82.6 Å². The molecule has 0 aromatic heterocycles. The summed E-state index contributed by atoms with van der Waals surface area (Å²) < 4.78 is 28.3. The van der Waals surface area contributed by atoms with E-state index in [2.05, 4.69) is 18.2 Å². The van der Waals surface area contributed by atoms with E-state index in [0.29, 0.717) is 11.3 Å². The number of rotatable bonds is 5. The molecule has 2 nitrogen and oxygen atoms in total. The zero-order valence-electron chi connectivity index (χ0n) is 16.8. The van der Waals surface area contributed by atoms with Crippen molar-refractivity contribution < 1.29 is 9.13 Å². The van der Waals surface area contributed by atoms with Gasteiger partial charge in [0.25, 0.3) is 0 Å². The first kappa shape index (κ1) is 20.0. The lowest BCUT2D eigenvalue weighted by Gasteiger charge is -2.39. The second-order valence-corrected chi connectivity index (χ2v) is 15.9. The van der Waals surface area contributed by atoms with Gasteiger partial charge in [-0.1, -0.05) is 62.8 Å². The minimum Gasteiger partial charge on any atom is -0.323 e. The molecule has 27 heavy (non-hydrogen) atoms. The fourth-order valence-corrected chi connectivity index (χ4v) is 13.7. The van der Waals surface area contributed by atoms with Gasteiger partial charge in [-0.05, 0) is 44.1 Å². The van der Waals surface area contributed by atoms with Gasteiger partial charge in [-0.3, -0.25) is 0 Å². The van der Waals surface area contributed by atoms with Crippen molar-refractivity contribution in [3.05, 3.63) is 29.8 Å². The van der Waals surface area contributed by atoms with E-state index in [4.69, 9.17) is 0 Å². The minimum atomic E-state index is -2.31. The molecule has 1 aromatic rings. The van der Waals surface area contributed by atoms with Crippen molar-refractivity contribution in [1.82, 2.24) is 0 Å². The monoisotopic (exact) mass is 406 g/mol. The molecular weight excluding hydrogens is 370 g/mol. The molecule has 1 aromatic carbocycles. The summed E-state index contributed by atoms with van der Waals surface area (Å²) in [6, 6.07) is 8.38. The summed E-state index contributed by atoms with van der Waals surface area (Å²) in [4.78, 5) is 0. The van der Waals surface area contributed by atoms with Gasteiger partial charge in [0, 0.05) is 35.1 Å². The molecule has 3 aliphatic rings. The van der Waals surface area contributed by atoms with E-state index in [-0.39, 0.29) is 0 Å². The summed E-state index contributed by atoms with van der Waals surface area (Å²) in [6.45, 7) is 0. The van der Waals surface area contributed by atoms with Crippen LogP contribution in [-0.2, 0) is 15.3 Å². The molecule has 0 unspecified atom stereocenters. The van der Waals surface area contributed by atoms with Gasteiger partial charge in [-0.15, -0.1) is 0 Å². The summed E-state index contributed by atoms with van der Waals surface area (Å²) in [7, 11) is -4.56. The molecule has 0 N–H and O–H groups in total. The van der Waals surface area contributed by atoms with Gasteiger partial charge in [0.15, 0.2) is 0 Å². The SMILES string of the molecule is O=P1(c2ccccc2CP(=O)(C2CCCCC2)C2CCCCC2)CCCC1. The van der Waals surface area contributed by atoms with Crippen molar-refractivity contribution in [3.8, 4) is 0 Å². The van der Waals surface area contributed by atoms with Crippen molar-refractivity contribution in [2.45, 2.75) is 94.5 Å². The van der Waals surface area contributed by atoms with Crippen LogP contribution in [0.15, 0.2) is 24.3 Å². The number of hydrogen-bond donors (Lipinski definition) is 0. The maximum absolute atomic E-state index is 14.7. The fourth-order valence-electron chi connectivity index (χ4n) is 5.99. The third kappa shape index (κ3) is 4.18. The van der Waals surface area contributed by atoms with Gasteiger partial charge in [0.2, 0.25) is 0 Å². The lowest BCUT2D eigenvalue weighted by atomic mass is 9.99. The third-order valence-electron chi connectivity index (χ3n) is 7.52. The molecule has 0 amide bonds. The summed E-state index contributed by atoms with van der Waals surface area (Å²) in [5.74, 6) is 0. The highest BCUT2D eigenvalue weighted by molar-refractivity contribution is 7.72. The van der Waals surface area contributed by atoms with Crippen molar-refractivity contribution in [3.63, 3.8) is 0 Å². The van der Waals surface area contributed by atoms with E-state index < -0.39 is 14.3 Å². The van der Waals surface area contributed by atoms with Gasteiger partial charge in [-0.25, -0.2) is 0 Å². The smallest absolute Gasteiger partial charge is 0.115 e. The summed E-state index contributed by atoms with van der Waals surface area (Å²) in [5.41, 5.74) is 2.03. The van der Waals surface area contributed by atoms with E-state index in [1.807, 2.05) is 6.07 Å². The normalized spacial score (nSPS) is 24.9. The van der Waals surface area contributed by atoms with Crippen LogP contribution in [0.2, 0.25) is 0 Å². The first-order valence-corrected chi connectivity index (χ1v) is 15.5. The molecule has 1 saturated heterocycles. The molecule has 0 radical (unpaired) electrons. The summed E-state index contributed by atoms with van der Waals surface area (Å²) >= 11 is 0. The molecule has 2 aliphatic carbocycles. The van der Waals surface area contributed by atoms with Crippen LogP contribution in [0.25, 0.3) is 0 Å². The molecule has 0 spiro atoms. The van der Waals surface area contributed by atoms with Crippen LogP contribution in [0.4, 0.5) is 0 Å². The Morgan fingerprint density at radius 3 is 1.85 bits per heavy atom. The van der Waals surface area contributed by atoms with Crippen LogP contribution in [0, 0.1) is 0 Å². The Labute approximate surface area is 165 Å². The van der Waals surface area contributed by atoms with E-state index in [9.17, 15) is 9.13 Å². The number of hydrogen-bond acceptors (Lipinski definition) is 2. The first-order valence-electron chi connectivity index (χ1n) is 11.4. The van der Waals surface area contributed by atoms with E-state index in [1.54, 1.807) is 0 Å². The standard InChI is InChI=1S/C23H36O2P2/c24-26(17-9-10-18-26)23-16-8-7-11-20(23)19-27(25,21-12-3-1-4-13-21)22-14-5-2-6-15-22/h7-8,11,16,21-22H,1-6,9-10,12-15,17-19H2. The second kappa shape index (κ2) is 8.59. The average molecular weight is 406 g/mol. The van der Waals surface area contributed by atoms with Gasteiger partial charge in [-0.2, -0.15) is 0 Å². The van der Waals surface area contributed by atoms with Gasteiger partial charge in [0.05, 0.1) is 7.14 Å². The van der Waals surface area contributed by atoms with Crippen LogP contribution in [0.3, 0.4) is 0 Å². The maximum atomic E-state index is 14.7. The van der Waals surface area contributed by atoms with Crippen molar-refractivity contribution in [1.29, 1.82) is 0 Å². The van der Waals surface area contributed by atoms with Crippen LogP contribution >= 0.6 is 14.3 Å². The topological polar surface area (TPSA) is 34.1 Å². The highest BCUT2D eigenvalue weighted by Crippen LogP contribution is 2.65. The minimum absolute atomic E-state index is 0.423. The Balaban J connectivity index is 1.68. The first-order chi connectivity index (χ1) is 13.1. The summed E-state index contributed by atoms with van der Waals surface area (Å²) in [5, 5.41) is 1.09. The van der Waals surface area contributed by atoms with Crippen LogP contribution < -0.4 is 5.30 Å². The molecule has 4 heteroatoms. The Bertz CT molecular complexity index is 698. The van der Waals surface area contributed by atoms with E-state index >= 15 is 0 Å². The van der Waals surface area contributed by atoms with Gasteiger partial charge >= 0.3 is 0 Å². The molecule has 0 atom stereocenters. The Kier molecular flexibility index (Phi) is 6.35. The lowest BCUT2D eigenvalue weighted by Crippen LogP contribution is -2.26. The highest BCUT2D eigenvalue weighted by atomic mass is 31.2. The van der Waals surface area contributed by atoms with Crippen molar-refractivity contribution >= 4 is 19.6 Å². The largest absolute Gasteiger partial charge is 0.323 e. The number of benzene rings is 1. The Morgan fingerprint density at radius 2 is 1.30 bits per heavy atom. The molecule has 3 fully saturated rings. The molecule has 2 saturated carbocycles. The molecule has 150 valence electrons. The molecule has 4 rings (SSSR count). The van der Waals surface area contributed by atoms with Crippen molar-refractivity contribution in [2.24, 2.45) is 0 Å². The average Bonchev–Trinajstić information content (AvgIpc) is 3.17. The second-order valence-electron chi connectivity index (χ2n) is 9.27. The Morgan fingerprint density at radius 1 is 0.778 bits per heavy atom. The molecule has 1 aliphatic heterocycles.